The summed E-state index contributed by atoms with van der Waals surface area (Å²) >= 11 is 0. The van der Waals surface area contributed by atoms with E-state index in [0.717, 1.165) is 13.1 Å². The van der Waals surface area contributed by atoms with E-state index in [-0.39, 0.29) is 37.1 Å². The van der Waals surface area contributed by atoms with Gasteiger partial charge >= 0.3 is 0 Å². The van der Waals surface area contributed by atoms with Gasteiger partial charge in [0.1, 0.15) is 0 Å². The van der Waals surface area contributed by atoms with E-state index < -0.39 is 18.5 Å². The number of nitrogens with zero attached hydrogens (tertiary/aromatic N) is 2. The van der Waals surface area contributed by atoms with Crippen LogP contribution in [0.5, 0.6) is 0 Å². The normalized spacial score (nSPS) is 22.5. The second kappa shape index (κ2) is 8.32. The Kier molecular flexibility index (Phi) is 7.25. The molecule has 24 heavy (non-hydrogen) atoms. The van der Waals surface area contributed by atoms with Crippen LogP contribution in [-0.4, -0.2) is 55.5 Å². The van der Waals surface area contributed by atoms with E-state index in [0.29, 0.717) is 13.1 Å². The number of piperazine rings is 1. The topological polar surface area (TPSA) is 35.6 Å². The predicted octanol–water partition coefficient (Wildman–Crippen LogP) is 2.48. The molecule has 3 rings (SSSR count). The van der Waals surface area contributed by atoms with Gasteiger partial charge in [-0.1, -0.05) is 18.2 Å². The van der Waals surface area contributed by atoms with Gasteiger partial charge in [-0.05, 0) is 18.6 Å². The molecule has 8 heteroatoms. The summed E-state index contributed by atoms with van der Waals surface area (Å²) in [6, 6.07) is 7.41. The zero-order chi connectivity index (χ0) is 15.7. The molecule has 0 saturated carbocycles. The first-order valence-corrected chi connectivity index (χ1v) is 7.67. The number of hydrogen-bond acceptors (Lipinski definition) is 3. The van der Waals surface area contributed by atoms with Crippen LogP contribution in [0.15, 0.2) is 24.3 Å². The molecule has 2 aliphatic heterocycles. The summed E-state index contributed by atoms with van der Waals surface area (Å²) in [5.74, 6) is -2.95. The molecular formula is C16H23Cl2F2N3O. The molecular weight excluding hydrogens is 359 g/mol. The van der Waals surface area contributed by atoms with Crippen molar-refractivity contribution in [2.45, 2.75) is 25.3 Å². The average molecular weight is 382 g/mol. The summed E-state index contributed by atoms with van der Waals surface area (Å²) in [5, 5.41) is 2.64. The van der Waals surface area contributed by atoms with Crippen LogP contribution >= 0.6 is 24.8 Å². The fourth-order valence-electron chi connectivity index (χ4n) is 3.20. The number of anilines is 1. The molecule has 1 aromatic carbocycles. The van der Waals surface area contributed by atoms with Crippen molar-refractivity contribution in [2.24, 2.45) is 0 Å². The highest BCUT2D eigenvalue weighted by molar-refractivity contribution is 5.85. The van der Waals surface area contributed by atoms with E-state index in [2.05, 4.69) is 29.3 Å². The molecule has 136 valence electrons. The minimum atomic E-state index is -2.76. The van der Waals surface area contributed by atoms with Crippen LogP contribution in [0.2, 0.25) is 0 Å². The van der Waals surface area contributed by atoms with Gasteiger partial charge in [0.2, 0.25) is 5.91 Å². The minimum absolute atomic E-state index is 0. The second-order valence-electron chi connectivity index (χ2n) is 6.09. The lowest BCUT2D eigenvalue weighted by atomic mass is 10.1. The van der Waals surface area contributed by atoms with Crippen molar-refractivity contribution in [3.63, 3.8) is 0 Å². The predicted molar refractivity (Wildman–Crippen MR) is 95.8 cm³/mol. The van der Waals surface area contributed by atoms with E-state index in [1.54, 1.807) is 4.90 Å². The molecule has 1 atom stereocenters. The van der Waals surface area contributed by atoms with Crippen molar-refractivity contribution in [3.8, 4) is 0 Å². The Balaban J connectivity index is 0.00000144. The summed E-state index contributed by atoms with van der Waals surface area (Å²) in [7, 11) is 0. The van der Waals surface area contributed by atoms with Gasteiger partial charge in [-0.2, -0.15) is 0 Å². The number of aryl methyl sites for hydroxylation is 1. The van der Waals surface area contributed by atoms with Crippen molar-refractivity contribution < 1.29 is 13.6 Å². The maximum atomic E-state index is 13.2. The SMILES string of the molecule is Cc1ccccc1N1CCN(C(=O)C2CC(F)(F)CN2)CC1.Cl.Cl. The fraction of sp³-hybridized carbons (Fsp3) is 0.562. The second-order valence-corrected chi connectivity index (χ2v) is 6.09. The first-order chi connectivity index (χ1) is 10.5. The van der Waals surface area contributed by atoms with Gasteiger partial charge in [-0.3, -0.25) is 10.1 Å². The molecule has 1 N–H and O–H groups in total. The third-order valence-corrected chi connectivity index (χ3v) is 4.46. The van der Waals surface area contributed by atoms with Crippen molar-refractivity contribution in [2.75, 3.05) is 37.6 Å². The maximum Gasteiger partial charge on any atom is 0.262 e. The van der Waals surface area contributed by atoms with Crippen LogP contribution in [0, 0.1) is 6.92 Å². The Morgan fingerprint density at radius 3 is 2.33 bits per heavy atom. The Labute approximate surface area is 153 Å². The number of para-hydroxylation sites is 1. The molecule has 0 aliphatic carbocycles. The summed E-state index contributed by atoms with van der Waals surface area (Å²) < 4.78 is 26.4. The number of carbonyl (C=O) groups excluding carboxylic acids is 1. The highest BCUT2D eigenvalue weighted by Crippen LogP contribution is 2.27. The highest BCUT2D eigenvalue weighted by atomic mass is 35.5. The highest BCUT2D eigenvalue weighted by Gasteiger charge is 2.43. The average Bonchev–Trinajstić information content (AvgIpc) is 2.87. The van der Waals surface area contributed by atoms with Crippen LogP contribution < -0.4 is 10.2 Å². The van der Waals surface area contributed by atoms with Crippen LogP contribution in [0.1, 0.15) is 12.0 Å². The number of benzene rings is 1. The molecule has 2 fully saturated rings. The summed E-state index contributed by atoms with van der Waals surface area (Å²) in [5.41, 5.74) is 2.39. The van der Waals surface area contributed by atoms with Gasteiger partial charge in [-0.15, -0.1) is 24.8 Å². The minimum Gasteiger partial charge on any atom is -0.368 e. The number of hydrogen-bond donors (Lipinski definition) is 1. The molecule has 2 saturated heterocycles. The number of halogens is 4. The molecule has 0 radical (unpaired) electrons. The molecule has 2 heterocycles. The molecule has 0 spiro atoms. The molecule has 1 aromatic rings. The van der Waals surface area contributed by atoms with E-state index >= 15 is 0 Å². The van der Waals surface area contributed by atoms with Crippen LogP contribution in [0.3, 0.4) is 0 Å². The van der Waals surface area contributed by atoms with Crippen molar-refractivity contribution in [1.82, 2.24) is 10.2 Å². The van der Waals surface area contributed by atoms with Crippen LogP contribution in [0.25, 0.3) is 0 Å². The summed E-state index contributed by atoms with van der Waals surface area (Å²) in [6.07, 6.45) is -0.385. The third kappa shape index (κ3) is 4.49. The van der Waals surface area contributed by atoms with Gasteiger partial charge in [0, 0.05) is 38.3 Å². The third-order valence-electron chi connectivity index (χ3n) is 4.46. The number of nitrogens with one attached hydrogen (secondary N) is 1. The molecule has 1 amide bonds. The Bertz CT molecular complexity index is 566. The lowest BCUT2D eigenvalue weighted by Gasteiger charge is -2.37. The number of carbonyl (C=O) groups is 1. The monoisotopic (exact) mass is 381 g/mol. The van der Waals surface area contributed by atoms with Gasteiger partial charge in [0.25, 0.3) is 5.92 Å². The van der Waals surface area contributed by atoms with Crippen LogP contribution in [-0.2, 0) is 4.79 Å². The zero-order valence-corrected chi connectivity index (χ0v) is 15.1. The van der Waals surface area contributed by atoms with Gasteiger partial charge < -0.3 is 9.80 Å². The molecule has 4 nitrogen and oxygen atoms in total. The molecule has 2 aliphatic rings. The summed E-state index contributed by atoms with van der Waals surface area (Å²) in [6.45, 7) is 4.30. The van der Waals surface area contributed by atoms with E-state index in [1.807, 2.05) is 12.1 Å². The lowest BCUT2D eigenvalue weighted by molar-refractivity contribution is -0.134. The standard InChI is InChI=1S/C16H21F2N3O.2ClH/c1-12-4-2-3-5-14(12)20-6-8-21(9-7-20)15(22)13-10-16(17,18)11-19-13;;/h2-5,13,19H,6-11H2,1H3;2*1H. The molecule has 0 aromatic heterocycles. The number of rotatable bonds is 2. The van der Waals surface area contributed by atoms with Crippen molar-refractivity contribution >= 4 is 36.4 Å². The summed E-state index contributed by atoms with van der Waals surface area (Å²) in [4.78, 5) is 16.3. The maximum absolute atomic E-state index is 13.2. The first-order valence-electron chi connectivity index (χ1n) is 7.67. The molecule has 0 bridgehead atoms. The van der Waals surface area contributed by atoms with E-state index in [4.69, 9.17) is 0 Å². The Hall–Kier alpha value is -1.11. The smallest absolute Gasteiger partial charge is 0.262 e. The van der Waals surface area contributed by atoms with Crippen molar-refractivity contribution in [3.05, 3.63) is 29.8 Å². The van der Waals surface area contributed by atoms with Crippen molar-refractivity contribution in [1.29, 1.82) is 0 Å². The number of alkyl halides is 2. The van der Waals surface area contributed by atoms with Crippen LogP contribution in [0.4, 0.5) is 14.5 Å². The Morgan fingerprint density at radius 2 is 1.79 bits per heavy atom. The zero-order valence-electron chi connectivity index (χ0n) is 13.5. The fourth-order valence-corrected chi connectivity index (χ4v) is 3.20. The van der Waals surface area contributed by atoms with Gasteiger partial charge in [-0.25, -0.2) is 8.78 Å². The van der Waals surface area contributed by atoms with Gasteiger partial charge in [0.05, 0.1) is 12.6 Å². The van der Waals surface area contributed by atoms with E-state index in [9.17, 15) is 13.6 Å². The quantitative estimate of drug-likeness (QED) is 0.854. The number of amides is 1. The molecule has 1 unspecified atom stereocenters. The van der Waals surface area contributed by atoms with Gasteiger partial charge in [0.15, 0.2) is 0 Å². The van der Waals surface area contributed by atoms with E-state index in [1.165, 1.54) is 11.3 Å². The largest absolute Gasteiger partial charge is 0.368 e. The Morgan fingerprint density at radius 1 is 1.17 bits per heavy atom. The lowest BCUT2D eigenvalue weighted by Crippen LogP contribution is -2.53. The first kappa shape index (κ1) is 20.9.